The molecule has 0 spiro atoms. The molecule has 0 saturated carbocycles. The average molecular weight is 245 g/mol. The van der Waals surface area contributed by atoms with Crippen molar-refractivity contribution in [3.63, 3.8) is 0 Å². The van der Waals surface area contributed by atoms with E-state index in [0.717, 1.165) is 30.1 Å². The van der Waals surface area contributed by atoms with Gasteiger partial charge in [-0.05, 0) is 37.1 Å². The predicted molar refractivity (Wildman–Crippen MR) is 66.0 cm³/mol. The van der Waals surface area contributed by atoms with Gasteiger partial charge < -0.3 is 10.4 Å². The summed E-state index contributed by atoms with van der Waals surface area (Å²) in [5.74, 6) is 0.325. The first kappa shape index (κ1) is 12.5. The van der Waals surface area contributed by atoms with Crippen molar-refractivity contribution in [2.45, 2.75) is 13.0 Å². The number of hydrogen-bond donors (Lipinski definition) is 2. The van der Waals surface area contributed by atoms with Gasteiger partial charge in [-0.1, -0.05) is 0 Å². The fourth-order valence-corrected chi connectivity index (χ4v) is 2.39. The third-order valence-electron chi connectivity index (χ3n) is 1.87. The number of aromatic carboxylic acids is 1. The Kier molecular flexibility index (Phi) is 5.75. The second-order valence-corrected chi connectivity index (χ2v) is 5.25. The fourth-order valence-electron chi connectivity index (χ4n) is 1.14. The lowest BCUT2D eigenvalue weighted by Crippen LogP contribution is -2.14. The van der Waals surface area contributed by atoms with E-state index >= 15 is 0 Å². The van der Waals surface area contributed by atoms with Gasteiger partial charge in [-0.15, -0.1) is 11.3 Å². The van der Waals surface area contributed by atoms with Crippen molar-refractivity contribution < 1.29 is 9.90 Å². The molecule has 0 bridgehead atoms. The first-order chi connectivity index (χ1) is 7.24. The van der Waals surface area contributed by atoms with Crippen LogP contribution >= 0.6 is 23.1 Å². The molecule has 0 aliphatic carbocycles. The lowest BCUT2D eigenvalue weighted by molar-refractivity contribution is 0.0702. The molecule has 0 atom stereocenters. The van der Waals surface area contributed by atoms with Crippen LogP contribution in [0.3, 0.4) is 0 Å². The maximum absolute atomic E-state index is 10.6. The molecule has 1 rings (SSSR count). The van der Waals surface area contributed by atoms with Crippen molar-refractivity contribution in [2.24, 2.45) is 0 Å². The number of carboxylic acids is 1. The molecule has 1 aromatic rings. The highest BCUT2D eigenvalue weighted by molar-refractivity contribution is 7.98. The summed E-state index contributed by atoms with van der Waals surface area (Å²) < 4.78 is 0. The fraction of sp³-hybridized carbons (Fsp3) is 0.500. The lowest BCUT2D eigenvalue weighted by atomic mass is 10.4. The van der Waals surface area contributed by atoms with Crippen molar-refractivity contribution in [3.05, 3.63) is 21.9 Å². The third kappa shape index (κ3) is 4.68. The molecule has 0 radical (unpaired) electrons. The molecule has 1 heterocycles. The first-order valence-electron chi connectivity index (χ1n) is 4.75. The van der Waals surface area contributed by atoms with Crippen LogP contribution < -0.4 is 5.32 Å². The molecule has 0 aliphatic heterocycles. The molecule has 2 N–H and O–H groups in total. The van der Waals surface area contributed by atoms with Crippen LogP contribution in [-0.2, 0) is 6.54 Å². The summed E-state index contributed by atoms with van der Waals surface area (Å²) >= 11 is 3.18. The minimum atomic E-state index is -0.839. The van der Waals surface area contributed by atoms with Gasteiger partial charge in [0.1, 0.15) is 4.88 Å². The number of carbonyl (C=O) groups is 1. The molecule has 0 aromatic carbocycles. The highest BCUT2D eigenvalue weighted by atomic mass is 32.2. The van der Waals surface area contributed by atoms with E-state index in [1.807, 2.05) is 17.8 Å². The summed E-state index contributed by atoms with van der Waals surface area (Å²) in [5.41, 5.74) is 0. The summed E-state index contributed by atoms with van der Waals surface area (Å²) in [6.07, 6.45) is 3.25. The Morgan fingerprint density at radius 2 is 2.40 bits per heavy atom. The van der Waals surface area contributed by atoms with Crippen LogP contribution in [0.25, 0.3) is 0 Å². The summed E-state index contributed by atoms with van der Waals surface area (Å²) in [6, 6.07) is 3.53. The number of carboxylic acid groups (broad SMARTS) is 1. The Labute approximate surface area is 97.9 Å². The number of rotatable bonds is 7. The van der Waals surface area contributed by atoms with E-state index < -0.39 is 5.97 Å². The van der Waals surface area contributed by atoms with Crippen LogP contribution in [0.2, 0.25) is 0 Å². The van der Waals surface area contributed by atoms with Crippen LogP contribution in [0.1, 0.15) is 21.0 Å². The van der Waals surface area contributed by atoms with Gasteiger partial charge in [-0.3, -0.25) is 0 Å². The summed E-state index contributed by atoms with van der Waals surface area (Å²) in [5, 5.41) is 12.0. The van der Waals surface area contributed by atoms with Crippen molar-refractivity contribution in [1.82, 2.24) is 5.32 Å². The monoisotopic (exact) mass is 245 g/mol. The molecular formula is C10H15NO2S2. The molecule has 0 unspecified atom stereocenters. The normalized spacial score (nSPS) is 10.5. The highest BCUT2D eigenvalue weighted by Gasteiger charge is 2.05. The Morgan fingerprint density at radius 1 is 1.60 bits per heavy atom. The maximum Gasteiger partial charge on any atom is 0.345 e. The van der Waals surface area contributed by atoms with Gasteiger partial charge in [0, 0.05) is 11.4 Å². The van der Waals surface area contributed by atoms with E-state index in [0.29, 0.717) is 4.88 Å². The predicted octanol–water partition coefficient (Wildman–Crippen LogP) is 2.29. The zero-order valence-corrected chi connectivity index (χ0v) is 10.3. The molecule has 84 valence electrons. The number of hydrogen-bond acceptors (Lipinski definition) is 4. The largest absolute Gasteiger partial charge is 0.477 e. The quantitative estimate of drug-likeness (QED) is 0.724. The van der Waals surface area contributed by atoms with Crippen molar-refractivity contribution >= 4 is 29.1 Å². The van der Waals surface area contributed by atoms with Crippen LogP contribution in [0.15, 0.2) is 12.1 Å². The molecular weight excluding hydrogens is 230 g/mol. The van der Waals surface area contributed by atoms with Gasteiger partial charge >= 0.3 is 5.97 Å². The van der Waals surface area contributed by atoms with Crippen molar-refractivity contribution in [1.29, 1.82) is 0 Å². The first-order valence-corrected chi connectivity index (χ1v) is 6.96. The van der Waals surface area contributed by atoms with Gasteiger partial charge in [-0.25, -0.2) is 4.79 Å². The van der Waals surface area contributed by atoms with E-state index in [4.69, 9.17) is 5.11 Å². The van der Waals surface area contributed by atoms with E-state index in [1.165, 1.54) is 11.3 Å². The Balaban J connectivity index is 2.23. The van der Waals surface area contributed by atoms with Gasteiger partial charge in [0.2, 0.25) is 0 Å². The molecule has 1 aromatic heterocycles. The maximum atomic E-state index is 10.6. The molecule has 0 amide bonds. The SMILES string of the molecule is CSCCCNCc1ccc(C(=O)O)s1. The van der Waals surface area contributed by atoms with Gasteiger partial charge in [0.25, 0.3) is 0 Å². The molecule has 15 heavy (non-hydrogen) atoms. The lowest BCUT2D eigenvalue weighted by Gasteiger charge is -2.01. The van der Waals surface area contributed by atoms with Crippen molar-refractivity contribution in [3.8, 4) is 0 Å². The molecule has 5 heteroatoms. The minimum absolute atomic E-state index is 0.413. The molecule has 0 saturated heterocycles. The summed E-state index contributed by atoms with van der Waals surface area (Å²) in [6.45, 7) is 1.76. The topological polar surface area (TPSA) is 49.3 Å². The Bertz CT molecular complexity index is 312. The smallest absolute Gasteiger partial charge is 0.345 e. The molecule has 3 nitrogen and oxygen atoms in total. The van der Waals surface area contributed by atoms with Crippen LogP contribution in [0.4, 0.5) is 0 Å². The Hall–Kier alpha value is -0.520. The zero-order valence-electron chi connectivity index (χ0n) is 8.66. The third-order valence-corrected chi connectivity index (χ3v) is 3.64. The van der Waals surface area contributed by atoms with Crippen LogP contribution in [-0.4, -0.2) is 29.6 Å². The van der Waals surface area contributed by atoms with E-state index in [-0.39, 0.29) is 0 Å². The van der Waals surface area contributed by atoms with E-state index in [2.05, 4.69) is 11.6 Å². The second-order valence-electron chi connectivity index (χ2n) is 3.09. The number of thioether (sulfide) groups is 1. The summed E-state index contributed by atoms with van der Waals surface area (Å²) in [4.78, 5) is 12.1. The standard InChI is InChI=1S/C10H15NO2S2/c1-14-6-2-5-11-7-8-3-4-9(15-8)10(12)13/h3-4,11H,2,5-7H2,1H3,(H,12,13). The zero-order chi connectivity index (χ0) is 11.1. The second kappa shape index (κ2) is 6.87. The van der Waals surface area contributed by atoms with Crippen LogP contribution in [0, 0.1) is 0 Å². The van der Waals surface area contributed by atoms with E-state index in [9.17, 15) is 4.79 Å². The Morgan fingerprint density at radius 3 is 3.00 bits per heavy atom. The van der Waals surface area contributed by atoms with Gasteiger partial charge in [0.05, 0.1) is 0 Å². The van der Waals surface area contributed by atoms with Gasteiger partial charge in [-0.2, -0.15) is 11.8 Å². The molecule has 0 aliphatic rings. The highest BCUT2D eigenvalue weighted by Crippen LogP contribution is 2.15. The number of thiophene rings is 1. The van der Waals surface area contributed by atoms with Crippen molar-refractivity contribution in [2.75, 3.05) is 18.6 Å². The van der Waals surface area contributed by atoms with Crippen LogP contribution in [0.5, 0.6) is 0 Å². The molecule has 0 fully saturated rings. The number of nitrogens with one attached hydrogen (secondary N) is 1. The van der Waals surface area contributed by atoms with E-state index in [1.54, 1.807) is 6.07 Å². The summed E-state index contributed by atoms with van der Waals surface area (Å²) in [7, 11) is 0. The average Bonchev–Trinajstić information content (AvgIpc) is 2.66. The van der Waals surface area contributed by atoms with Gasteiger partial charge in [0.15, 0.2) is 0 Å². The minimum Gasteiger partial charge on any atom is -0.477 e.